The summed E-state index contributed by atoms with van der Waals surface area (Å²) in [6.45, 7) is 0. The van der Waals surface area contributed by atoms with Crippen molar-refractivity contribution in [2.24, 2.45) is 11.8 Å². The second kappa shape index (κ2) is 7.86. The second-order valence-electron chi connectivity index (χ2n) is 8.94. The predicted octanol–water partition coefficient (Wildman–Crippen LogP) is 3.40. The summed E-state index contributed by atoms with van der Waals surface area (Å²) in [5, 5.41) is 0. The smallest absolute Gasteiger partial charge is 0.241 e. The summed E-state index contributed by atoms with van der Waals surface area (Å²) >= 11 is 0. The third-order valence-electron chi connectivity index (χ3n) is 7.27. The number of benzene rings is 3. The lowest BCUT2D eigenvalue weighted by Crippen LogP contribution is -2.51. The van der Waals surface area contributed by atoms with Crippen LogP contribution in [0.4, 0.5) is 5.69 Å². The molecule has 1 aliphatic carbocycles. The highest BCUT2D eigenvalue weighted by atomic mass is 16.5. The number of nitrogens with zero attached hydrogens (tertiary/aromatic N) is 1. The Morgan fingerprint density at radius 2 is 1.42 bits per heavy atom. The van der Waals surface area contributed by atoms with Crippen molar-refractivity contribution >= 4 is 29.1 Å². The maximum atomic E-state index is 14.0. The van der Waals surface area contributed by atoms with Gasteiger partial charge in [0.25, 0.3) is 0 Å². The molecule has 3 aliphatic rings. The molecule has 8 heteroatoms. The van der Waals surface area contributed by atoms with Crippen LogP contribution in [0.3, 0.4) is 0 Å². The van der Waals surface area contributed by atoms with Gasteiger partial charge in [-0.25, -0.2) is 4.90 Å². The summed E-state index contributed by atoms with van der Waals surface area (Å²) in [5.41, 5.74) is -0.923. The van der Waals surface area contributed by atoms with Crippen LogP contribution in [-0.4, -0.2) is 43.2 Å². The van der Waals surface area contributed by atoms with Crippen LogP contribution in [0.25, 0.3) is 0 Å². The number of hydrogen-bond acceptors (Lipinski definition) is 7. The molecule has 3 aromatic rings. The minimum Gasteiger partial charge on any atom is -0.497 e. The van der Waals surface area contributed by atoms with E-state index in [1.165, 1.54) is 14.2 Å². The molecule has 3 atom stereocenters. The highest BCUT2D eigenvalue weighted by Gasteiger charge is 2.74. The molecule has 1 spiro atoms. The molecular weight excluding hydrogens is 462 g/mol. The van der Waals surface area contributed by atoms with E-state index in [0.29, 0.717) is 11.3 Å². The van der Waals surface area contributed by atoms with Gasteiger partial charge in [-0.05, 0) is 17.7 Å². The first-order valence-electron chi connectivity index (χ1n) is 11.4. The number of fused-ring (bicyclic) bond motifs is 3. The molecule has 2 heterocycles. The van der Waals surface area contributed by atoms with Gasteiger partial charge in [0.05, 0.1) is 37.8 Å². The molecule has 6 rings (SSSR count). The Kier molecular flexibility index (Phi) is 4.84. The number of methoxy groups -OCH3 is 2. The molecule has 0 aromatic heterocycles. The molecule has 2 aliphatic heterocycles. The summed E-state index contributed by atoms with van der Waals surface area (Å²) < 4.78 is 17.0. The number of imide groups is 1. The van der Waals surface area contributed by atoms with Crippen LogP contribution in [-0.2, 0) is 14.3 Å². The van der Waals surface area contributed by atoms with Gasteiger partial charge in [0.15, 0.2) is 0 Å². The first-order valence-corrected chi connectivity index (χ1v) is 11.4. The molecule has 8 nitrogen and oxygen atoms in total. The van der Waals surface area contributed by atoms with E-state index >= 15 is 0 Å². The van der Waals surface area contributed by atoms with Gasteiger partial charge in [0.2, 0.25) is 29.0 Å². The predicted molar refractivity (Wildman–Crippen MR) is 127 cm³/mol. The van der Waals surface area contributed by atoms with E-state index < -0.39 is 46.9 Å². The normalized spacial score (nSPS) is 23.8. The molecule has 3 aromatic carbocycles. The summed E-state index contributed by atoms with van der Waals surface area (Å²) in [4.78, 5) is 56.6. The maximum Gasteiger partial charge on any atom is 0.241 e. The lowest BCUT2D eigenvalue weighted by atomic mass is 9.77. The van der Waals surface area contributed by atoms with Crippen LogP contribution in [0.1, 0.15) is 32.4 Å². The van der Waals surface area contributed by atoms with Crippen LogP contribution in [0.5, 0.6) is 11.5 Å². The fourth-order valence-corrected chi connectivity index (χ4v) is 5.67. The number of anilines is 1. The van der Waals surface area contributed by atoms with Crippen LogP contribution in [0.2, 0.25) is 0 Å². The number of carbonyl (C=O) groups excluding carboxylic acids is 4. The van der Waals surface area contributed by atoms with Gasteiger partial charge >= 0.3 is 0 Å². The maximum absolute atomic E-state index is 14.0. The van der Waals surface area contributed by atoms with E-state index in [0.717, 1.165) is 4.90 Å². The zero-order valence-corrected chi connectivity index (χ0v) is 19.5. The zero-order chi connectivity index (χ0) is 25.2. The Hall–Kier alpha value is -4.30. The number of rotatable bonds is 4. The number of amides is 2. The summed E-state index contributed by atoms with van der Waals surface area (Å²) in [5.74, 6) is -4.11. The van der Waals surface area contributed by atoms with Crippen molar-refractivity contribution in [1.29, 1.82) is 0 Å². The molecule has 0 saturated carbocycles. The van der Waals surface area contributed by atoms with Gasteiger partial charge in [0, 0.05) is 17.2 Å². The third-order valence-corrected chi connectivity index (χ3v) is 7.27. The SMILES string of the molecule is COc1ccc(N2C(=O)[C@@H]3[C@@H](c4ccccc4)OC4(C(=O)c5ccccc5C4=O)[C@@H]3C2=O)c(OC)c1. The number of Topliss-reactive ketones (excluding diaryl/α,β-unsaturated/α-hetero) is 2. The monoisotopic (exact) mass is 483 g/mol. The Labute approximate surface area is 206 Å². The highest BCUT2D eigenvalue weighted by Crippen LogP contribution is 2.58. The van der Waals surface area contributed by atoms with E-state index in [4.69, 9.17) is 14.2 Å². The van der Waals surface area contributed by atoms with E-state index in [1.807, 2.05) is 6.07 Å². The highest BCUT2D eigenvalue weighted by molar-refractivity contribution is 6.37. The lowest BCUT2D eigenvalue weighted by molar-refractivity contribution is -0.127. The minimum absolute atomic E-state index is 0.190. The van der Waals surface area contributed by atoms with Gasteiger partial charge in [-0.1, -0.05) is 54.6 Å². The van der Waals surface area contributed by atoms with Crippen molar-refractivity contribution < 1.29 is 33.4 Å². The van der Waals surface area contributed by atoms with E-state index in [2.05, 4.69) is 0 Å². The molecule has 36 heavy (non-hydrogen) atoms. The van der Waals surface area contributed by atoms with Crippen molar-refractivity contribution in [2.45, 2.75) is 11.7 Å². The standard InChI is InChI=1S/C28H21NO7/c1-34-16-12-13-19(20(14-16)35-2)29-26(32)21-22(27(29)33)28(36-23(21)15-8-4-3-5-9-15)24(30)17-10-6-7-11-18(17)25(28)31/h3-14,21-23H,1-2H3/t21-,22-,23+/m0/s1. The Morgan fingerprint density at radius 3 is 2.03 bits per heavy atom. The quantitative estimate of drug-likeness (QED) is 0.414. The van der Waals surface area contributed by atoms with Crippen molar-refractivity contribution in [2.75, 3.05) is 19.1 Å². The molecule has 0 N–H and O–H groups in total. The zero-order valence-electron chi connectivity index (χ0n) is 19.5. The third kappa shape index (κ3) is 2.73. The van der Waals surface area contributed by atoms with Crippen LogP contribution in [0.15, 0.2) is 72.8 Å². The number of ether oxygens (including phenoxy) is 3. The van der Waals surface area contributed by atoms with Crippen molar-refractivity contribution in [3.63, 3.8) is 0 Å². The summed E-state index contributed by atoms with van der Waals surface area (Å²) in [6, 6.07) is 20.0. The first-order chi connectivity index (χ1) is 17.4. The Bertz CT molecular complexity index is 1410. The average Bonchev–Trinajstić information content (AvgIpc) is 3.48. The molecule has 0 unspecified atom stereocenters. The van der Waals surface area contributed by atoms with Crippen LogP contribution < -0.4 is 14.4 Å². The van der Waals surface area contributed by atoms with E-state index in [1.54, 1.807) is 66.7 Å². The lowest BCUT2D eigenvalue weighted by Gasteiger charge is -2.27. The number of carbonyl (C=O) groups is 4. The topological polar surface area (TPSA) is 99.2 Å². The van der Waals surface area contributed by atoms with Gasteiger partial charge in [-0.2, -0.15) is 0 Å². The largest absolute Gasteiger partial charge is 0.497 e. The van der Waals surface area contributed by atoms with Gasteiger partial charge < -0.3 is 14.2 Å². The first kappa shape index (κ1) is 22.2. The Morgan fingerprint density at radius 1 is 0.778 bits per heavy atom. The molecule has 0 radical (unpaired) electrons. The van der Waals surface area contributed by atoms with Crippen molar-refractivity contribution in [3.05, 3.63) is 89.5 Å². The fourth-order valence-electron chi connectivity index (χ4n) is 5.67. The molecular formula is C28H21NO7. The average molecular weight is 483 g/mol. The van der Waals surface area contributed by atoms with Gasteiger partial charge in [-0.3, -0.25) is 19.2 Å². The summed E-state index contributed by atoms with van der Waals surface area (Å²) in [6.07, 6.45) is -0.968. The second-order valence-corrected chi connectivity index (χ2v) is 8.94. The van der Waals surface area contributed by atoms with Gasteiger partial charge in [0.1, 0.15) is 11.5 Å². The van der Waals surface area contributed by atoms with Crippen molar-refractivity contribution in [3.8, 4) is 11.5 Å². The van der Waals surface area contributed by atoms with Crippen molar-refractivity contribution in [1.82, 2.24) is 0 Å². The van der Waals surface area contributed by atoms with E-state index in [9.17, 15) is 19.2 Å². The van der Waals surface area contributed by atoms with E-state index in [-0.39, 0.29) is 22.6 Å². The number of ketones is 2. The summed E-state index contributed by atoms with van der Waals surface area (Å²) in [7, 11) is 2.91. The molecule has 2 saturated heterocycles. The molecule has 2 amide bonds. The molecule has 180 valence electrons. The molecule has 2 fully saturated rings. The van der Waals surface area contributed by atoms with Crippen LogP contribution in [0, 0.1) is 11.8 Å². The molecule has 0 bridgehead atoms. The Balaban J connectivity index is 1.54. The minimum atomic E-state index is -2.12. The van der Waals surface area contributed by atoms with Crippen LogP contribution >= 0.6 is 0 Å². The number of hydrogen-bond donors (Lipinski definition) is 0. The fraction of sp³-hybridized carbons (Fsp3) is 0.214. The van der Waals surface area contributed by atoms with Gasteiger partial charge in [-0.15, -0.1) is 0 Å².